The molecule has 0 unspecified atom stereocenters. The number of anilines is 2. The number of hydrogen-bond donors (Lipinski definition) is 2. The van der Waals surface area contributed by atoms with Crippen molar-refractivity contribution >= 4 is 27.3 Å². The summed E-state index contributed by atoms with van der Waals surface area (Å²) in [5, 5.41) is 7.01. The molecule has 4 rings (SSSR count). The standard InChI is InChI=1S/C23H20N4O3S/c28-23(25-20-11-7-18(8-12-20)17-27-16-4-15-24-27)19-9-13-21(14-10-19)26-31(29,30)22-5-2-1-3-6-22/h1-16,26H,17H2,(H,25,28). The molecule has 0 spiro atoms. The largest absolute Gasteiger partial charge is 0.322 e. The molecule has 0 radical (unpaired) electrons. The normalized spacial score (nSPS) is 11.1. The smallest absolute Gasteiger partial charge is 0.261 e. The molecule has 0 saturated carbocycles. The Labute approximate surface area is 180 Å². The molecule has 7 nitrogen and oxygen atoms in total. The van der Waals surface area contributed by atoms with Crippen LogP contribution in [-0.2, 0) is 16.6 Å². The number of nitrogens with zero attached hydrogens (tertiary/aromatic N) is 2. The molecule has 3 aromatic carbocycles. The minimum atomic E-state index is -3.67. The van der Waals surface area contributed by atoms with Crippen molar-refractivity contribution in [1.29, 1.82) is 0 Å². The Morgan fingerprint density at radius 1 is 0.839 bits per heavy atom. The molecule has 0 fully saturated rings. The van der Waals surface area contributed by atoms with Gasteiger partial charge >= 0.3 is 0 Å². The number of benzene rings is 3. The van der Waals surface area contributed by atoms with Gasteiger partial charge in [-0.25, -0.2) is 8.42 Å². The van der Waals surface area contributed by atoms with Gasteiger partial charge in [-0.05, 0) is 60.2 Å². The molecule has 4 aromatic rings. The SMILES string of the molecule is O=C(Nc1ccc(Cn2cccn2)cc1)c1ccc(NS(=O)(=O)c2ccccc2)cc1. The Hall–Kier alpha value is -3.91. The lowest BCUT2D eigenvalue weighted by Gasteiger charge is -2.10. The average molecular weight is 433 g/mol. The van der Waals surface area contributed by atoms with Crippen LogP contribution < -0.4 is 10.0 Å². The lowest BCUT2D eigenvalue weighted by molar-refractivity contribution is 0.102. The van der Waals surface area contributed by atoms with Crippen molar-refractivity contribution in [3.05, 3.63) is 108 Å². The number of carbonyl (C=O) groups is 1. The van der Waals surface area contributed by atoms with Gasteiger partial charge in [0.25, 0.3) is 15.9 Å². The molecule has 31 heavy (non-hydrogen) atoms. The second-order valence-electron chi connectivity index (χ2n) is 6.85. The summed E-state index contributed by atoms with van der Waals surface area (Å²) in [4.78, 5) is 12.7. The van der Waals surface area contributed by atoms with Crippen LogP contribution in [0.25, 0.3) is 0 Å². The van der Waals surface area contributed by atoms with Crippen molar-refractivity contribution < 1.29 is 13.2 Å². The Morgan fingerprint density at radius 3 is 2.16 bits per heavy atom. The summed E-state index contributed by atoms with van der Waals surface area (Å²) in [5.74, 6) is -0.280. The molecule has 0 aliphatic heterocycles. The number of carbonyl (C=O) groups excluding carboxylic acids is 1. The zero-order valence-corrected chi connectivity index (χ0v) is 17.3. The maximum absolute atomic E-state index is 12.5. The zero-order valence-electron chi connectivity index (χ0n) is 16.5. The van der Waals surface area contributed by atoms with Crippen LogP contribution in [0.2, 0.25) is 0 Å². The highest BCUT2D eigenvalue weighted by Crippen LogP contribution is 2.18. The van der Waals surface area contributed by atoms with Gasteiger partial charge in [0.05, 0.1) is 11.4 Å². The fourth-order valence-electron chi connectivity index (χ4n) is 2.98. The summed E-state index contributed by atoms with van der Waals surface area (Å²) in [6.45, 7) is 0.654. The highest BCUT2D eigenvalue weighted by Gasteiger charge is 2.14. The molecule has 1 aromatic heterocycles. The topological polar surface area (TPSA) is 93.1 Å². The molecule has 0 aliphatic carbocycles. The molecule has 8 heteroatoms. The van der Waals surface area contributed by atoms with Gasteiger partial charge in [-0.1, -0.05) is 30.3 Å². The minimum Gasteiger partial charge on any atom is -0.322 e. The van der Waals surface area contributed by atoms with Crippen molar-refractivity contribution in [2.45, 2.75) is 11.4 Å². The van der Waals surface area contributed by atoms with E-state index in [1.807, 2.05) is 41.2 Å². The van der Waals surface area contributed by atoms with E-state index in [0.29, 0.717) is 23.5 Å². The van der Waals surface area contributed by atoms with E-state index in [1.54, 1.807) is 48.7 Å². The van der Waals surface area contributed by atoms with Crippen molar-refractivity contribution in [3.8, 4) is 0 Å². The van der Waals surface area contributed by atoms with Crippen LogP contribution in [0, 0.1) is 0 Å². The Morgan fingerprint density at radius 2 is 1.52 bits per heavy atom. The first-order valence-electron chi connectivity index (χ1n) is 9.55. The lowest BCUT2D eigenvalue weighted by atomic mass is 10.1. The lowest BCUT2D eigenvalue weighted by Crippen LogP contribution is -2.14. The van der Waals surface area contributed by atoms with Crippen LogP contribution in [0.15, 0.2) is 102 Å². The summed E-state index contributed by atoms with van der Waals surface area (Å²) in [5.41, 5.74) is 2.53. The molecule has 2 N–H and O–H groups in total. The van der Waals surface area contributed by atoms with E-state index >= 15 is 0 Å². The van der Waals surface area contributed by atoms with Gasteiger partial charge in [0.1, 0.15) is 0 Å². The highest BCUT2D eigenvalue weighted by atomic mass is 32.2. The predicted octanol–water partition coefficient (Wildman–Crippen LogP) is 3.98. The van der Waals surface area contributed by atoms with E-state index in [0.717, 1.165) is 5.56 Å². The number of nitrogens with one attached hydrogen (secondary N) is 2. The number of rotatable bonds is 7. The first kappa shape index (κ1) is 20.4. The monoisotopic (exact) mass is 432 g/mol. The Bertz CT molecular complexity index is 1250. The number of amides is 1. The molecule has 0 aliphatic rings. The Kier molecular flexibility index (Phi) is 5.81. The molecule has 0 atom stereocenters. The number of sulfonamides is 1. The van der Waals surface area contributed by atoms with Crippen LogP contribution >= 0.6 is 0 Å². The van der Waals surface area contributed by atoms with Crippen molar-refractivity contribution in [1.82, 2.24) is 9.78 Å². The fourth-order valence-corrected chi connectivity index (χ4v) is 4.06. The summed E-state index contributed by atoms with van der Waals surface area (Å²) in [6, 6.07) is 23.8. The highest BCUT2D eigenvalue weighted by molar-refractivity contribution is 7.92. The van der Waals surface area contributed by atoms with Crippen molar-refractivity contribution in [2.75, 3.05) is 10.0 Å². The van der Waals surface area contributed by atoms with Gasteiger partial charge < -0.3 is 5.32 Å². The van der Waals surface area contributed by atoms with E-state index in [4.69, 9.17) is 0 Å². The van der Waals surface area contributed by atoms with Crippen LogP contribution in [0.3, 0.4) is 0 Å². The quantitative estimate of drug-likeness (QED) is 0.462. The van der Waals surface area contributed by atoms with Gasteiger partial charge in [-0.15, -0.1) is 0 Å². The maximum Gasteiger partial charge on any atom is 0.261 e. The number of hydrogen-bond acceptors (Lipinski definition) is 4. The summed E-state index contributed by atoms with van der Waals surface area (Å²) >= 11 is 0. The summed E-state index contributed by atoms with van der Waals surface area (Å²) in [7, 11) is -3.67. The molecular formula is C23H20N4O3S. The number of aromatic nitrogens is 2. The van der Waals surface area contributed by atoms with Gasteiger partial charge in [0.2, 0.25) is 0 Å². The molecular weight excluding hydrogens is 412 g/mol. The van der Waals surface area contributed by atoms with Crippen LogP contribution in [-0.4, -0.2) is 24.1 Å². The third kappa shape index (κ3) is 5.18. The van der Waals surface area contributed by atoms with Gasteiger partial charge in [-0.2, -0.15) is 5.10 Å². The predicted molar refractivity (Wildman–Crippen MR) is 119 cm³/mol. The zero-order chi connectivity index (χ0) is 21.7. The van der Waals surface area contributed by atoms with Crippen LogP contribution in [0.4, 0.5) is 11.4 Å². The van der Waals surface area contributed by atoms with E-state index < -0.39 is 10.0 Å². The van der Waals surface area contributed by atoms with Gasteiger partial charge in [0, 0.05) is 29.3 Å². The van der Waals surface area contributed by atoms with Gasteiger partial charge in [0.15, 0.2) is 0 Å². The maximum atomic E-state index is 12.5. The molecule has 1 heterocycles. The van der Waals surface area contributed by atoms with E-state index in [9.17, 15) is 13.2 Å². The third-order valence-electron chi connectivity index (χ3n) is 4.57. The van der Waals surface area contributed by atoms with Crippen molar-refractivity contribution in [2.24, 2.45) is 0 Å². The summed E-state index contributed by atoms with van der Waals surface area (Å²) in [6.07, 6.45) is 3.62. The van der Waals surface area contributed by atoms with Gasteiger partial charge in [-0.3, -0.25) is 14.2 Å². The fraction of sp³-hybridized carbons (Fsp3) is 0.0435. The first-order valence-corrected chi connectivity index (χ1v) is 11.0. The average Bonchev–Trinajstić information content (AvgIpc) is 3.29. The molecule has 0 bridgehead atoms. The molecule has 1 amide bonds. The van der Waals surface area contributed by atoms with E-state index in [2.05, 4.69) is 15.1 Å². The summed E-state index contributed by atoms with van der Waals surface area (Å²) < 4.78 is 29.1. The van der Waals surface area contributed by atoms with Crippen molar-refractivity contribution in [3.63, 3.8) is 0 Å². The second-order valence-corrected chi connectivity index (χ2v) is 8.53. The second kappa shape index (κ2) is 8.85. The minimum absolute atomic E-state index is 0.174. The third-order valence-corrected chi connectivity index (χ3v) is 5.97. The first-order chi connectivity index (χ1) is 15.0. The van der Waals surface area contributed by atoms with Crippen LogP contribution in [0.5, 0.6) is 0 Å². The Balaban J connectivity index is 1.38. The van der Waals surface area contributed by atoms with E-state index in [1.165, 1.54) is 12.1 Å². The molecule has 156 valence electrons. The molecule has 0 saturated heterocycles. The van der Waals surface area contributed by atoms with E-state index in [-0.39, 0.29) is 10.8 Å². The van der Waals surface area contributed by atoms with Crippen LogP contribution in [0.1, 0.15) is 15.9 Å².